The molecule has 0 radical (unpaired) electrons. The molecule has 5 nitrogen and oxygen atoms in total. The molecule has 112 valence electrons. The number of aromatic nitrogens is 2. The van der Waals surface area contributed by atoms with Crippen LogP contribution < -0.4 is 15.2 Å². The third kappa shape index (κ3) is 3.92. The molecule has 0 saturated carbocycles. The maximum absolute atomic E-state index is 6.24. The molecule has 2 aromatic rings. The third-order valence-corrected chi connectivity index (χ3v) is 3.18. The van der Waals surface area contributed by atoms with Crippen molar-refractivity contribution in [2.24, 2.45) is 5.73 Å². The Kier molecular flexibility index (Phi) is 5.51. The van der Waals surface area contributed by atoms with Crippen LogP contribution in [0.25, 0.3) is 0 Å². The van der Waals surface area contributed by atoms with E-state index < -0.39 is 0 Å². The number of nitrogens with two attached hydrogens (primary N) is 1. The highest BCUT2D eigenvalue weighted by Crippen LogP contribution is 2.25. The number of benzene rings is 1. The maximum atomic E-state index is 6.24. The molecule has 0 aliphatic carbocycles. The van der Waals surface area contributed by atoms with Gasteiger partial charge in [0.2, 0.25) is 5.88 Å². The normalized spacial score (nSPS) is 12.0. The second-order valence-electron chi connectivity index (χ2n) is 4.70. The number of hydrogen-bond donors (Lipinski definition) is 1. The van der Waals surface area contributed by atoms with E-state index >= 15 is 0 Å². The number of ether oxygens (including phenoxy) is 2. The summed E-state index contributed by atoms with van der Waals surface area (Å²) >= 11 is 0. The van der Waals surface area contributed by atoms with Crippen LogP contribution in [0, 0.1) is 0 Å². The zero-order valence-electron chi connectivity index (χ0n) is 12.5. The van der Waals surface area contributed by atoms with Crippen LogP contribution in [0.4, 0.5) is 0 Å². The Labute approximate surface area is 125 Å². The van der Waals surface area contributed by atoms with Gasteiger partial charge in [-0.2, -0.15) is 0 Å². The van der Waals surface area contributed by atoms with Crippen molar-refractivity contribution in [2.45, 2.75) is 25.8 Å². The summed E-state index contributed by atoms with van der Waals surface area (Å²) < 4.78 is 10.8. The summed E-state index contributed by atoms with van der Waals surface area (Å²) in [6.07, 6.45) is 5.37. The first-order chi connectivity index (χ1) is 10.3. The fourth-order valence-corrected chi connectivity index (χ4v) is 1.97. The van der Waals surface area contributed by atoms with Crippen molar-refractivity contribution in [2.75, 3.05) is 13.7 Å². The van der Waals surface area contributed by atoms with Gasteiger partial charge in [0.05, 0.1) is 19.8 Å². The summed E-state index contributed by atoms with van der Waals surface area (Å²) in [5.74, 6) is 1.30. The molecule has 1 atom stereocenters. The minimum absolute atomic E-state index is 0.377. The van der Waals surface area contributed by atoms with Crippen molar-refractivity contribution in [1.82, 2.24) is 9.97 Å². The van der Waals surface area contributed by atoms with Crippen molar-refractivity contribution >= 4 is 0 Å². The lowest BCUT2D eigenvalue weighted by Crippen LogP contribution is -2.15. The van der Waals surface area contributed by atoms with Crippen LogP contribution in [-0.4, -0.2) is 23.7 Å². The average Bonchev–Trinajstić information content (AvgIpc) is 2.55. The van der Waals surface area contributed by atoms with Crippen LogP contribution in [0.5, 0.6) is 11.6 Å². The minimum Gasteiger partial charge on any atom is -0.494 e. The summed E-state index contributed by atoms with van der Waals surface area (Å²) in [7, 11) is 1.56. The fraction of sp³-hybridized carbons (Fsp3) is 0.375. The summed E-state index contributed by atoms with van der Waals surface area (Å²) in [6, 6.07) is 7.36. The minimum atomic E-state index is -0.377. The smallest absolute Gasteiger partial charge is 0.237 e. The van der Waals surface area contributed by atoms with E-state index in [1.165, 1.54) is 0 Å². The fourth-order valence-electron chi connectivity index (χ4n) is 1.97. The van der Waals surface area contributed by atoms with Gasteiger partial charge < -0.3 is 15.2 Å². The van der Waals surface area contributed by atoms with Crippen LogP contribution in [-0.2, 0) is 0 Å². The van der Waals surface area contributed by atoms with E-state index in [1.54, 1.807) is 19.5 Å². The lowest BCUT2D eigenvalue weighted by molar-refractivity contribution is 0.309. The Hall–Kier alpha value is -2.14. The highest BCUT2D eigenvalue weighted by molar-refractivity contribution is 5.35. The number of hydrogen-bond acceptors (Lipinski definition) is 5. The topological polar surface area (TPSA) is 70.3 Å². The van der Waals surface area contributed by atoms with E-state index in [9.17, 15) is 0 Å². The lowest BCUT2D eigenvalue weighted by Gasteiger charge is -2.14. The van der Waals surface area contributed by atoms with E-state index in [-0.39, 0.29) is 6.04 Å². The molecule has 0 aliphatic rings. The van der Waals surface area contributed by atoms with Gasteiger partial charge in [0.15, 0.2) is 0 Å². The second-order valence-corrected chi connectivity index (χ2v) is 4.70. The van der Waals surface area contributed by atoms with Crippen molar-refractivity contribution in [3.8, 4) is 11.6 Å². The standard InChI is InChI=1S/C16H21N3O2/c1-3-4-11-21-13-7-5-12(6-8-13)14(17)15-16(20-2)19-10-9-18-15/h5-10,14H,3-4,11,17H2,1-2H3. The van der Waals surface area contributed by atoms with E-state index in [0.717, 1.165) is 30.8 Å². The molecule has 0 amide bonds. The summed E-state index contributed by atoms with van der Waals surface area (Å²) in [5.41, 5.74) is 7.81. The van der Waals surface area contributed by atoms with Gasteiger partial charge in [0, 0.05) is 12.4 Å². The first kappa shape index (κ1) is 15.3. The van der Waals surface area contributed by atoms with Gasteiger partial charge in [0.25, 0.3) is 0 Å². The monoisotopic (exact) mass is 287 g/mol. The SMILES string of the molecule is CCCCOc1ccc(C(N)c2nccnc2OC)cc1. The molecule has 0 saturated heterocycles. The number of nitrogens with zero attached hydrogens (tertiary/aromatic N) is 2. The zero-order chi connectivity index (χ0) is 15.1. The Morgan fingerprint density at radius 2 is 1.86 bits per heavy atom. The average molecular weight is 287 g/mol. The van der Waals surface area contributed by atoms with E-state index in [2.05, 4.69) is 16.9 Å². The molecule has 1 unspecified atom stereocenters. The summed E-state index contributed by atoms with van der Waals surface area (Å²) in [6.45, 7) is 2.87. The van der Waals surface area contributed by atoms with Crippen molar-refractivity contribution < 1.29 is 9.47 Å². The zero-order valence-corrected chi connectivity index (χ0v) is 12.5. The molecule has 1 heterocycles. The van der Waals surface area contributed by atoms with Crippen molar-refractivity contribution in [3.05, 3.63) is 47.9 Å². The first-order valence-corrected chi connectivity index (χ1v) is 7.09. The Morgan fingerprint density at radius 3 is 2.52 bits per heavy atom. The molecule has 2 N–H and O–H groups in total. The molecule has 21 heavy (non-hydrogen) atoms. The summed E-state index contributed by atoms with van der Waals surface area (Å²) in [4.78, 5) is 8.39. The molecule has 2 rings (SSSR count). The van der Waals surface area contributed by atoms with Gasteiger partial charge >= 0.3 is 0 Å². The summed E-state index contributed by atoms with van der Waals surface area (Å²) in [5, 5.41) is 0. The van der Waals surface area contributed by atoms with Crippen molar-refractivity contribution in [1.29, 1.82) is 0 Å². The van der Waals surface area contributed by atoms with Crippen LogP contribution >= 0.6 is 0 Å². The number of unbranched alkanes of at least 4 members (excludes halogenated alkanes) is 1. The molecule has 1 aromatic carbocycles. The van der Waals surface area contributed by atoms with Crippen molar-refractivity contribution in [3.63, 3.8) is 0 Å². The quantitative estimate of drug-likeness (QED) is 0.793. The Morgan fingerprint density at radius 1 is 1.14 bits per heavy atom. The Balaban J connectivity index is 2.10. The van der Waals surface area contributed by atoms with Crippen LogP contribution in [0.2, 0.25) is 0 Å². The first-order valence-electron chi connectivity index (χ1n) is 7.09. The van der Waals surface area contributed by atoms with Gasteiger partial charge in [-0.1, -0.05) is 25.5 Å². The van der Waals surface area contributed by atoms with E-state index in [1.807, 2.05) is 24.3 Å². The predicted molar refractivity (Wildman–Crippen MR) is 81.5 cm³/mol. The van der Waals surface area contributed by atoms with Gasteiger partial charge in [-0.25, -0.2) is 4.98 Å². The van der Waals surface area contributed by atoms with Gasteiger partial charge in [0.1, 0.15) is 11.4 Å². The number of rotatable bonds is 7. The molecule has 0 aliphatic heterocycles. The van der Waals surface area contributed by atoms with Crippen LogP contribution in [0.1, 0.15) is 37.1 Å². The highest BCUT2D eigenvalue weighted by atomic mass is 16.5. The molecule has 5 heteroatoms. The Bertz CT molecular complexity index is 558. The molecule has 0 fully saturated rings. The van der Waals surface area contributed by atoms with Crippen LogP contribution in [0.3, 0.4) is 0 Å². The molecule has 1 aromatic heterocycles. The highest BCUT2D eigenvalue weighted by Gasteiger charge is 2.16. The van der Waals surface area contributed by atoms with E-state index in [0.29, 0.717) is 11.6 Å². The van der Waals surface area contributed by atoms with Gasteiger partial charge in [-0.15, -0.1) is 0 Å². The molecule has 0 bridgehead atoms. The largest absolute Gasteiger partial charge is 0.494 e. The van der Waals surface area contributed by atoms with E-state index in [4.69, 9.17) is 15.2 Å². The number of methoxy groups -OCH3 is 1. The second kappa shape index (κ2) is 7.59. The maximum Gasteiger partial charge on any atom is 0.237 e. The van der Waals surface area contributed by atoms with Gasteiger partial charge in [-0.3, -0.25) is 4.98 Å². The third-order valence-electron chi connectivity index (χ3n) is 3.18. The molecule has 0 spiro atoms. The van der Waals surface area contributed by atoms with Gasteiger partial charge in [-0.05, 0) is 24.1 Å². The molecular formula is C16H21N3O2. The lowest BCUT2D eigenvalue weighted by atomic mass is 10.0. The predicted octanol–water partition coefficient (Wildman–Crippen LogP) is 2.71. The molecular weight excluding hydrogens is 266 g/mol. The van der Waals surface area contributed by atoms with Crippen LogP contribution in [0.15, 0.2) is 36.7 Å².